The maximum absolute atomic E-state index is 11.0. The predicted molar refractivity (Wildman–Crippen MR) is 63.6 cm³/mol. The normalized spacial score (nSPS) is 9.69. The zero-order chi connectivity index (χ0) is 12.3. The van der Waals surface area contributed by atoms with Crippen LogP contribution in [-0.2, 0) is 0 Å². The molecule has 0 spiro atoms. The Bertz CT molecular complexity index is 427. The molecule has 0 fully saturated rings. The Morgan fingerprint density at radius 2 is 1.94 bits per heavy atom. The van der Waals surface area contributed by atoms with E-state index in [1.165, 1.54) is 19.2 Å². The number of halogens is 2. The number of nitro benzene ring substituents is 1. The first-order valence-electron chi connectivity index (χ1n) is 3.98. The standard InChI is InChI=1S/C8H6Br2N2O4/c1-11-8(13)16-7-5(9)2-4(12(14)15)3-6(7)10/h2-3H,1H3,(H,11,13). The number of carbonyl (C=O) groups excluding carboxylic acids is 1. The summed E-state index contributed by atoms with van der Waals surface area (Å²) in [7, 11) is 1.41. The van der Waals surface area contributed by atoms with Crippen LogP contribution >= 0.6 is 31.9 Å². The van der Waals surface area contributed by atoms with Gasteiger partial charge in [0, 0.05) is 19.2 Å². The van der Waals surface area contributed by atoms with Gasteiger partial charge in [-0.25, -0.2) is 4.79 Å². The van der Waals surface area contributed by atoms with Gasteiger partial charge in [0.05, 0.1) is 13.9 Å². The van der Waals surface area contributed by atoms with Crippen molar-refractivity contribution in [3.05, 3.63) is 31.2 Å². The van der Waals surface area contributed by atoms with Crippen molar-refractivity contribution in [1.29, 1.82) is 0 Å². The molecule has 0 atom stereocenters. The van der Waals surface area contributed by atoms with Crippen LogP contribution in [0.1, 0.15) is 0 Å². The molecule has 0 saturated heterocycles. The van der Waals surface area contributed by atoms with E-state index < -0.39 is 11.0 Å². The Labute approximate surface area is 107 Å². The van der Waals surface area contributed by atoms with Gasteiger partial charge in [-0.05, 0) is 31.9 Å². The number of amides is 1. The summed E-state index contributed by atoms with van der Waals surface area (Å²) in [6.07, 6.45) is -0.657. The molecule has 0 radical (unpaired) electrons. The number of nitrogens with one attached hydrogen (secondary N) is 1. The molecule has 86 valence electrons. The van der Waals surface area contributed by atoms with E-state index in [1.807, 2.05) is 0 Å². The molecule has 1 aromatic rings. The van der Waals surface area contributed by atoms with Crippen LogP contribution in [0.3, 0.4) is 0 Å². The van der Waals surface area contributed by atoms with Gasteiger partial charge in [0.25, 0.3) is 5.69 Å². The third kappa shape index (κ3) is 2.92. The van der Waals surface area contributed by atoms with E-state index in [0.29, 0.717) is 8.95 Å². The summed E-state index contributed by atoms with van der Waals surface area (Å²) in [6, 6.07) is 2.51. The molecule has 0 unspecified atom stereocenters. The molecule has 0 bridgehead atoms. The van der Waals surface area contributed by atoms with Crippen molar-refractivity contribution in [3.63, 3.8) is 0 Å². The first-order valence-corrected chi connectivity index (χ1v) is 5.57. The van der Waals surface area contributed by atoms with E-state index >= 15 is 0 Å². The zero-order valence-corrected chi connectivity index (χ0v) is 11.2. The van der Waals surface area contributed by atoms with Crippen LogP contribution in [0.2, 0.25) is 0 Å². The molecule has 0 aliphatic heterocycles. The quantitative estimate of drug-likeness (QED) is 0.654. The molecule has 0 aliphatic rings. The minimum absolute atomic E-state index is 0.108. The predicted octanol–water partition coefficient (Wildman–Crippen LogP) is 2.84. The van der Waals surface area contributed by atoms with Crippen LogP contribution in [-0.4, -0.2) is 18.1 Å². The molecule has 1 amide bonds. The second-order valence-corrected chi connectivity index (χ2v) is 4.34. The number of hydrogen-bond acceptors (Lipinski definition) is 4. The van der Waals surface area contributed by atoms with Gasteiger partial charge in [0.15, 0.2) is 5.75 Å². The van der Waals surface area contributed by atoms with Gasteiger partial charge in [-0.15, -0.1) is 0 Å². The molecule has 1 aromatic carbocycles. The van der Waals surface area contributed by atoms with E-state index in [1.54, 1.807) is 0 Å². The topological polar surface area (TPSA) is 81.5 Å². The van der Waals surface area contributed by atoms with Gasteiger partial charge in [-0.3, -0.25) is 10.1 Å². The Balaban J connectivity index is 3.12. The van der Waals surface area contributed by atoms with Crippen LogP contribution in [0.4, 0.5) is 10.5 Å². The van der Waals surface area contributed by atoms with Gasteiger partial charge < -0.3 is 10.1 Å². The fourth-order valence-corrected chi connectivity index (χ4v) is 2.22. The SMILES string of the molecule is CNC(=O)Oc1c(Br)cc([N+](=O)[O-])cc1Br. The van der Waals surface area contributed by atoms with E-state index in [4.69, 9.17) is 4.74 Å². The number of non-ortho nitro benzene ring substituents is 1. The number of benzene rings is 1. The lowest BCUT2D eigenvalue weighted by molar-refractivity contribution is -0.385. The molecule has 1 rings (SSSR count). The molecular formula is C8H6Br2N2O4. The number of nitro groups is 1. The molecule has 16 heavy (non-hydrogen) atoms. The lowest BCUT2D eigenvalue weighted by Gasteiger charge is -2.07. The van der Waals surface area contributed by atoms with Crippen molar-refractivity contribution in [2.24, 2.45) is 0 Å². The van der Waals surface area contributed by atoms with Gasteiger partial charge in [0.1, 0.15) is 0 Å². The highest BCUT2D eigenvalue weighted by atomic mass is 79.9. The smallest absolute Gasteiger partial charge is 0.408 e. The number of rotatable bonds is 2. The van der Waals surface area contributed by atoms with Gasteiger partial charge >= 0.3 is 6.09 Å². The third-order valence-corrected chi connectivity index (χ3v) is 2.77. The van der Waals surface area contributed by atoms with Crippen LogP contribution in [0.25, 0.3) is 0 Å². The van der Waals surface area contributed by atoms with E-state index in [0.717, 1.165) is 0 Å². The molecule has 0 aromatic heterocycles. The minimum atomic E-state index is -0.657. The van der Waals surface area contributed by atoms with Crippen molar-refractivity contribution in [3.8, 4) is 5.75 Å². The third-order valence-electron chi connectivity index (χ3n) is 1.59. The van der Waals surface area contributed by atoms with Gasteiger partial charge in [-0.2, -0.15) is 0 Å². The zero-order valence-electron chi connectivity index (χ0n) is 7.99. The Hall–Kier alpha value is -1.15. The Morgan fingerprint density at radius 1 is 1.44 bits per heavy atom. The van der Waals surface area contributed by atoms with Gasteiger partial charge in [0.2, 0.25) is 0 Å². The fourth-order valence-electron chi connectivity index (χ4n) is 0.893. The molecule has 6 nitrogen and oxygen atoms in total. The van der Waals surface area contributed by atoms with Gasteiger partial charge in [-0.1, -0.05) is 0 Å². The lowest BCUT2D eigenvalue weighted by atomic mass is 10.3. The van der Waals surface area contributed by atoms with Crippen molar-refractivity contribution in [2.75, 3.05) is 7.05 Å². The summed E-state index contributed by atoms with van der Waals surface area (Å²) in [5, 5.41) is 12.8. The molecule has 0 saturated carbocycles. The van der Waals surface area contributed by atoms with Crippen LogP contribution in [0, 0.1) is 10.1 Å². The summed E-state index contributed by atoms with van der Waals surface area (Å²) in [6.45, 7) is 0. The highest BCUT2D eigenvalue weighted by Gasteiger charge is 2.16. The Kier molecular flexibility index (Phi) is 4.25. The maximum Gasteiger partial charge on any atom is 0.412 e. The summed E-state index contributed by atoms with van der Waals surface area (Å²) in [4.78, 5) is 21.0. The van der Waals surface area contributed by atoms with Crippen molar-refractivity contribution in [1.82, 2.24) is 5.32 Å². The van der Waals surface area contributed by atoms with Crippen LogP contribution in [0.15, 0.2) is 21.1 Å². The molecule has 1 N–H and O–H groups in total. The van der Waals surface area contributed by atoms with E-state index in [2.05, 4.69) is 37.2 Å². The number of ether oxygens (including phenoxy) is 1. The van der Waals surface area contributed by atoms with Crippen molar-refractivity contribution >= 4 is 43.6 Å². The Morgan fingerprint density at radius 3 is 2.31 bits per heavy atom. The minimum Gasteiger partial charge on any atom is -0.408 e. The second-order valence-electron chi connectivity index (χ2n) is 2.64. The summed E-state index contributed by atoms with van der Waals surface area (Å²) >= 11 is 6.17. The van der Waals surface area contributed by atoms with Crippen molar-refractivity contribution in [2.45, 2.75) is 0 Å². The first kappa shape index (κ1) is 12.9. The maximum atomic E-state index is 11.0. The summed E-state index contributed by atoms with van der Waals surface area (Å²) < 4.78 is 5.53. The number of hydrogen-bond donors (Lipinski definition) is 1. The summed E-state index contributed by atoms with van der Waals surface area (Å²) in [5.41, 5.74) is -0.108. The number of nitrogens with zero attached hydrogens (tertiary/aromatic N) is 1. The van der Waals surface area contributed by atoms with E-state index in [-0.39, 0.29) is 11.4 Å². The van der Waals surface area contributed by atoms with E-state index in [9.17, 15) is 14.9 Å². The average molecular weight is 354 g/mol. The second kappa shape index (κ2) is 5.26. The van der Waals surface area contributed by atoms with Crippen LogP contribution < -0.4 is 10.1 Å². The average Bonchev–Trinajstić information content (AvgIpc) is 2.22. The van der Waals surface area contributed by atoms with Crippen molar-refractivity contribution < 1.29 is 14.5 Å². The lowest BCUT2D eigenvalue weighted by Crippen LogP contribution is -2.22. The molecular weight excluding hydrogens is 348 g/mol. The highest BCUT2D eigenvalue weighted by Crippen LogP contribution is 2.37. The molecule has 0 aliphatic carbocycles. The number of carbonyl (C=O) groups is 1. The summed E-state index contributed by atoms with van der Waals surface area (Å²) in [5.74, 6) is 0.185. The highest BCUT2D eigenvalue weighted by molar-refractivity contribution is 9.11. The fraction of sp³-hybridized carbons (Fsp3) is 0.125. The monoisotopic (exact) mass is 352 g/mol. The largest absolute Gasteiger partial charge is 0.412 e. The first-order chi connectivity index (χ1) is 7.45. The molecule has 8 heteroatoms. The van der Waals surface area contributed by atoms with Crippen LogP contribution in [0.5, 0.6) is 5.75 Å². The molecule has 0 heterocycles.